The minimum absolute atomic E-state index is 0.0607. The molecule has 1 aliphatic rings. The molecule has 5 heteroatoms. The first-order valence-electron chi connectivity index (χ1n) is 9.73. The van der Waals surface area contributed by atoms with Gasteiger partial charge in [0.2, 0.25) is 0 Å². The van der Waals surface area contributed by atoms with Gasteiger partial charge in [-0.25, -0.2) is 9.50 Å². The van der Waals surface area contributed by atoms with Gasteiger partial charge in [0.1, 0.15) is 5.56 Å². The molecule has 0 aliphatic heterocycles. The monoisotopic (exact) mass is 362 g/mol. The van der Waals surface area contributed by atoms with Crippen molar-refractivity contribution in [2.45, 2.75) is 58.9 Å². The van der Waals surface area contributed by atoms with E-state index in [1.165, 1.54) is 24.0 Å². The highest BCUT2D eigenvalue weighted by Gasteiger charge is 2.22. The van der Waals surface area contributed by atoms with Crippen molar-refractivity contribution in [3.63, 3.8) is 0 Å². The number of carbonyl (C=O) groups excluding carboxylic acids is 1. The molecule has 4 rings (SSSR count). The van der Waals surface area contributed by atoms with Crippen LogP contribution in [0.3, 0.4) is 0 Å². The molecule has 0 unspecified atom stereocenters. The first-order chi connectivity index (χ1) is 13.0. The summed E-state index contributed by atoms with van der Waals surface area (Å²) < 4.78 is 1.81. The van der Waals surface area contributed by atoms with E-state index in [4.69, 9.17) is 4.98 Å². The van der Waals surface area contributed by atoms with E-state index in [2.05, 4.69) is 48.5 Å². The number of hydrogen-bond acceptors (Lipinski definition) is 3. The quantitative estimate of drug-likeness (QED) is 0.765. The molecule has 0 radical (unpaired) electrons. The fraction of sp³-hybridized carbons (Fsp3) is 0.409. The molecule has 0 spiro atoms. The van der Waals surface area contributed by atoms with E-state index in [0.717, 1.165) is 36.2 Å². The van der Waals surface area contributed by atoms with Gasteiger partial charge in [0.25, 0.3) is 5.91 Å². The maximum Gasteiger partial charge on any atom is 0.256 e. The summed E-state index contributed by atoms with van der Waals surface area (Å²) in [6, 6.07) is 8.86. The zero-order valence-corrected chi connectivity index (χ0v) is 16.2. The van der Waals surface area contributed by atoms with Gasteiger partial charge in [-0.1, -0.05) is 42.7 Å². The zero-order chi connectivity index (χ0) is 19.0. The molecule has 5 nitrogen and oxygen atoms in total. The normalized spacial score (nSPS) is 14.8. The highest BCUT2D eigenvalue weighted by atomic mass is 16.1. The number of fused-ring (bicyclic) bond motifs is 1. The van der Waals surface area contributed by atoms with Crippen molar-refractivity contribution in [3.8, 4) is 0 Å². The maximum absolute atomic E-state index is 12.7. The summed E-state index contributed by atoms with van der Waals surface area (Å²) in [6.07, 6.45) is 6.98. The predicted octanol–water partition coefficient (Wildman–Crippen LogP) is 3.92. The number of aromatic nitrogens is 3. The number of rotatable bonds is 4. The Morgan fingerprint density at radius 3 is 2.56 bits per heavy atom. The van der Waals surface area contributed by atoms with Crippen LogP contribution >= 0.6 is 0 Å². The van der Waals surface area contributed by atoms with Crippen molar-refractivity contribution in [1.82, 2.24) is 19.9 Å². The maximum atomic E-state index is 12.7. The number of benzene rings is 1. The lowest BCUT2D eigenvalue weighted by molar-refractivity contribution is 0.0939. The molecule has 140 valence electrons. The van der Waals surface area contributed by atoms with E-state index in [1.807, 2.05) is 6.92 Å². The van der Waals surface area contributed by atoms with Gasteiger partial charge < -0.3 is 5.32 Å². The highest BCUT2D eigenvalue weighted by molar-refractivity contribution is 5.99. The Balaban J connectivity index is 1.66. The van der Waals surface area contributed by atoms with Crippen LogP contribution in [0.4, 0.5) is 0 Å². The SMILES string of the molecule is Cc1ccc(Cc2c(C)nc3c(C(=O)NC4CCCC4)cnn3c2C)cc1. The molecule has 0 saturated heterocycles. The van der Waals surface area contributed by atoms with Crippen LogP contribution in [-0.2, 0) is 6.42 Å². The van der Waals surface area contributed by atoms with Gasteiger partial charge in [0.15, 0.2) is 5.65 Å². The van der Waals surface area contributed by atoms with Gasteiger partial charge in [-0.2, -0.15) is 5.10 Å². The fourth-order valence-electron chi connectivity index (χ4n) is 3.97. The standard InChI is InChI=1S/C22H26N4O/c1-14-8-10-17(11-9-14)12-19-15(2)24-21-20(13-23-26(21)16(19)3)22(27)25-18-6-4-5-7-18/h8-11,13,18H,4-7,12H2,1-3H3,(H,25,27). The van der Waals surface area contributed by atoms with Crippen molar-refractivity contribution in [2.24, 2.45) is 0 Å². The van der Waals surface area contributed by atoms with E-state index in [0.29, 0.717) is 11.2 Å². The lowest BCUT2D eigenvalue weighted by Gasteiger charge is -2.13. The average Bonchev–Trinajstić information content (AvgIpc) is 3.30. The molecule has 1 N–H and O–H groups in total. The van der Waals surface area contributed by atoms with Gasteiger partial charge >= 0.3 is 0 Å². The molecule has 0 atom stereocenters. The van der Waals surface area contributed by atoms with E-state index in [-0.39, 0.29) is 11.9 Å². The third kappa shape index (κ3) is 3.46. The van der Waals surface area contributed by atoms with Crippen LogP contribution in [0.15, 0.2) is 30.5 Å². The van der Waals surface area contributed by atoms with E-state index >= 15 is 0 Å². The molecule has 1 saturated carbocycles. The number of nitrogens with zero attached hydrogens (tertiary/aromatic N) is 3. The minimum atomic E-state index is -0.0607. The second-order valence-corrected chi connectivity index (χ2v) is 7.67. The van der Waals surface area contributed by atoms with Crippen molar-refractivity contribution in [1.29, 1.82) is 0 Å². The molecule has 3 aromatic rings. The third-order valence-electron chi connectivity index (χ3n) is 5.65. The summed E-state index contributed by atoms with van der Waals surface area (Å²) in [6.45, 7) is 6.16. The largest absolute Gasteiger partial charge is 0.349 e. The van der Waals surface area contributed by atoms with Crippen molar-refractivity contribution in [3.05, 3.63) is 64.1 Å². The molecular weight excluding hydrogens is 336 g/mol. The van der Waals surface area contributed by atoms with Crippen LogP contribution in [0.5, 0.6) is 0 Å². The summed E-state index contributed by atoms with van der Waals surface area (Å²) in [5, 5.41) is 7.60. The Kier molecular flexibility index (Phi) is 4.68. The molecule has 1 amide bonds. The molecule has 1 aliphatic carbocycles. The first-order valence-corrected chi connectivity index (χ1v) is 9.73. The van der Waals surface area contributed by atoms with Gasteiger partial charge in [-0.05, 0) is 44.7 Å². The molecule has 2 heterocycles. The Labute approximate surface area is 159 Å². The Hall–Kier alpha value is -2.69. The van der Waals surface area contributed by atoms with Gasteiger partial charge in [-0.15, -0.1) is 0 Å². The number of nitrogens with one attached hydrogen (secondary N) is 1. The van der Waals surface area contributed by atoms with E-state index < -0.39 is 0 Å². The third-order valence-corrected chi connectivity index (χ3v) is 5.65. The van der Waals surface area contributed by atoms with Crippen LogP contribution in [0.2, 0.25) is 0 Å². The van der Waals surface area contributed by atoms with Crippen LogP contribution in [0.1, 0.15) is 64.1 Å². The van der Waals surface area contributed by atoms with Crippen LogP contribution in [0.25, 0.3) is 5.65 Å². The number of carbonyl (C=O) groups is 1. The molecule has 0 bridgehead atoms. The topological polar surface area (TPSA) is 59.3 Å². The van der Waals surface area contributed by atoms with Crippen LogP contribution in [-0.4, -0.2) is 26.5 Å². The zero-order valence-electron chi connectivity index (χ0n) is 16.2. The van der Waals surface area contributed by atoms with Gasteiger partial charge in [-0.3, -0.25) is 4.79 Å². The van der Waals surface area contributed by atoms with Gasteiger partial charge in [0.05, 0.1) is 6.20 Å². The molecule has 27 heavy (non-hydrogen) atoms. The molecule has 1 aromatic carbocycles. The lowest BCUT2D eigenvalue weighted by Crippen LogP contribution is -2.32. The minimum Gasteiger partial charge on any atom is -0.349 e. The number of aryl methyl sites for hydroxylation is 3. The summed E-state index contributed by atoms with van der Waals surface area (Å²) in [4.78, 5) is 17.4. The second-order valence-electron chi connectivity index (χ2n) is 7.67. The van der Waals surface area contributed by atoms with E-state index in [1.54, 1.807) is 10.7 Å². The van der Waals surface area contributed by atoms with Crippen molar-refractivity contribution in [2.75, 3.05) is 0 Å². The molecule has 2 aromatic heterocycles. The number of hydrogen-bond donors (Lipinski definition) is 1. The lowest BCUT2D eigenvalue weighted by atomic mass is 10.0. The molecular formula is C22H26N4O. The summed E-state index contributed by atoms with van der Waals surface area (Å²) in [7, 11) is 0. The Morgan fingerprint density at radius 2 is 1.85 bits per heavy atom. The van der Waals surface area contributed by atoms with Gasteiger partial charge in [0, 0.05) is 23.9 Å². The summed E-state index contributed by atoms with van der Waals surface area (Å²) >= 11 is 0. The van der Waals surface area contributed by atoms with E-state index in [9.17, 15) is 4.79 Å². The highest BCUT2D eigenvalue weighted by Crippen LogP contribution is 2.22. The second kappa shape index (κ2) is 7.14. The average molecular weight is 362 g/mol. The fourth-order valence-corrected chi connectivity index (χ4v) is 3.97. The van der Waals surface area contributed by atoms with Crippen LogP contribution in [0, 0.1) is 20.8 Å². The Bertz CT molecular complexity index is 982. The smallest absolute Gasteiger partial charge is 0.256 e. The first kappa shape index (κ1) is 17.7. The predicted molar refractivity (Wildman–Crippen MR) is 106 cm³/mol. The Morgan fingerprint density at radius 1 is 1.15 bits per heavy atom. The van der Waals surface area contributed by atoms with Crippen LogP contribution < -0.4 is 5.32 Å². The summed E-state index contributed by atoms with van der Waals surface area (Å²) in [5.74, 6) is -0.0607. The van der Waals surface area contributed by atoms with Crippen molar-refractivity contribution >= 4 is 11.6 Å². The number of amides is 1. The summed E-state index contributed by atoms with van der Waals surface area (Å²) in [5.41, 5.74) is 6.87. The van der Waals surface area contributed by atoms with Crippen molar-refractivity contribution < 1.29 is 4.79 Å². The molecule has 1 fully saturated rings.